The van der Waals surface area contributed by atoms with Crippen molar-refractivity contribution in [1.29, 1.82) is 0 Å². The van der Waals surface area contributed by atoms with Crippen LogP contribution in [-0.2, 0) is 4.79 Å². The van der Waals surface area contributed by atoms with E-state index in [4.69, 9.17) is 10.1 Å². The van der Waals surface area contributed by atoms with Crippen LogP contribution in [0.1, 0.15) is 38.3 Å². The first-order chi connectivity index (χ1) is 14.3. The van der Waals surface area contributed by atoms with Crippen molar-refractivity contribution in [2.45, 2.75) is 32.7 Å². The Kier molecular flexibility index (Phi) is 4.32. The Morgan fingerprint density at radius 2 is 1.93 bits per heavy atom. The van der Waals surface area contributed by atoms with Crippen LogP contribution >= 0.6 is 15.9 Å². The maximum atomic E-state index is 13.2. The number of rotatable bonds is 2. The van der Waals surface area contributed by atoms with E-state index in [1.165, 1.54) is 0 Å². The van der Waals surface area contributed by atoms with E-state index >= 15 is 0 Å². The zero-order valence-corrected chi connectivity index (χ0v) is 18.3. The topological polar surface area (TPSA) is 80.0 Å². The SMILES string of the molecule is CC1(C)CC(=O)C2=C(C1)Nc1nc(-c3cccc(O)c3)nn1C2c1ccc(Br)cc1. The van der Waals surface area contributed by atoms with Gasteiger partial charge in [0.25, 0.3) is 0 Å². The van der Waals surface area contributed by atoms with E-state index in [2.05, 4.69) is 35.1 Å². The molecule has 0 saturated carbocycles. The number of carbonyl (C=O) groups excluding carboxylic acids is 1. The third kappa shape index (κ3) is 3.23. The number of benzene rings is 2. The number of carbonyl (C=O) groups is 1. The van der Waals surface area contributed by atoms with Crippen LogP contribution in [0, 0.1) is 5.41 Å². The van der Waals surface area contributed by atoms with Crippen molar-refractivity contribution in [1.82, 2.24) is 14.8 Å². The number of nitrogens with one attached hydrogen (secondary N) is 1. The van der Waals surface area contributed by atoms with Crippen molar-refractivity contribution in [2.24, 2.45) is 5.41 Å². The van der Waals surface area contributed by atoms with Gasteiger partial charge in [-0.1, -0.05) is 54.0 Å². The van der Waals surface area contributed by atoms with Crippen molar-refractivity contribution >= 4 is 27.7 Å². The Balaban J connectivity index is 1.68. The summed E-state index contributed by atoms with van der Waals surface area (Å²) >= 11 is 3.49. The van der Waals surface area contributed by atoms with Crippen molar-refractivity contribution in [2.75, 3.05) is 5.32 Å². The minimum absolute atomic E-state index is 0.108. The fourth-order valence-electron chi connectivity index (χ4n) is 4.33. The monoisotopic (exact) mass is 464 g/mol. The Morgan fingerprint density at radius 1 is 1.17 bits per heavy atom. The van der Waals surface area contributed by atoms with Crippen LogP contribution in [0.2, 0.25) is 0 Å². The molecule has 2 aliphatic rings. The van der Waals surface area contributed by atoms with E-state index in [1.807, 2.05) is 30.3 Å². The van der Waals surface area contributed by atoms with Crippen LogP contribution in [-0.4, -0.2) is 25.7 Å². The molecule has 0 spiro atoms. The van der Waals surface area contributed by atoms with Crippen LogP contribution in [0.3, 0.4) is 0 Å². The first kappa shape index (κ1) is 19.1. The Labute approximate surface area is 182 Å². The number of fused-ring (bicyclic) bond motifs is 1. The highest BCUT2D eigenvalue weighted by molar-refractivity contribution is 9.10. The van der Waals surface area contributed by atoms with Gasteiger partial charge in [-0.25, -0.2) is 4.68 Å². The van der Waals surface area contributed by atoms with E-state index in [-0.39, 0.29) is 23.0 Å². The van der Waals surface area contributed by atoms with Gasteiger partial charge in [-0.15, -0.1) is 5.10 Å². The number of phenols is 1. The summed E-state index contributed by atoms with van der Waals surface area (Å²) < 4.78 is 2.77. The minimum Gasteiger partial charge on any atom is -0.508 e. The van der Waals surface area contributed by atoms with E-state index in [1.54, 1.807) is 22.9 Å². The fraction of sp³-hybridized carbons (Fsp3) is 0.261. The summed E-state index contributed by atoms with van der Waals surface area (Å²) in [6.07, 6.45) is 1.28. The number of aromatic hydroxyl groups is 1. The molecule has 0 bridgehead atoms. The molecule has 5 rings (SSSR count). The number of halogens is 1. The number of phenolic OH excluding ortho intramolecular Hbond substituents is 1. The summed E-state index contributed by atoms with van der Waals surface area (Å²) in [7, 11) is 0. The molecule has 1 aromatic heterocycles. The van der Waals surface area contributed by atoms with Gasteiger partial charge in [-0.2, -0.15) is 4.98 Å². The zero-order chi connectivity index (χ0) is 21.0. The average molecular weight is 465 g/mol. The van der Waals surface area contributed by atoms with Gasteiger partial charge in [-0.3, -0.25) is 4.79 Å². The molecule has 1 atom stereocenters. The van der Waals surface area contributed by atoms with Crippen molar-refractivity contribution in [3.63, 3.8) is 0 Å². The number of aromatic nitrogens is 3. The van der Waals surface area contributed by atoms with E-state index in [9.17, 15) is 9.90 Å². The molecule has 1 aliphatic carbocycles. The molecule has 6 nitrogen and oxygen atoms in total. The van der Waals surface area contributed by atoms with Gasteiger partial charge >= 0.3 is 0 Å². The van der Waals surface area contributed by atoms with Crippen molar-refractivity contribution in [3.8, 4) is 17.1 Å². The predicted molar refractivity (Wildman–Crippen MR) is 118 cm³/mol. The molecule has 0 fully saturated rings. The highest BCUT2D eigenvalue weighted by Gasteiger charge is 2.41. The third-order valence-electron chi connectivity index (χ3n) is 5.62. The van der Waals surface area contributed by atoms with Crippen molar-refractivity contribution < 1.29 is 9.90 Å². The van der Waals surface area contributed by atoms with Gasteiger partial charge in [0.2, 0.25) is 5.95 Å². The lowest BCUT2D eigenvalue weighted by atomic mass is 9.73. The molecule has 0 radical (unpaired) electrons. The number of Topliss-reactive ketones (excluding diaryl/α,β-unsaturated/α-hetero) is 1. The molecule has 3 aromatic rings. The van der Waals surface area contributed by atoms with E-state index in [0.29, 0.717) is 18.2 Å². The molecular weight excluding hydrogens is 444 g/mol. The summed E-state index contributed by atoms with van der Waals surface area (Å²) in [5.74, 6) is 1.40. The lowest BCUT2D eigenvalue weighted by Gasteiger charge is -2.38. The summed E-state index contributed by atoms with van der Waals surface area (Å²) in [4.78, 5) is 17.9. The Hall–Kier alpha value is -2.93. The zero-order valence-electron chi connectivity index (χ0n) is 16.7. The highest BCUT2D eigenvalue weighted by Crippen LogP contribution is 2.45. The number of hydrogen-bond donors (Lipinski definition) is 2. The van der Waals surface area contributed by atoms with Crippen LogP contribution in [0.4, 0.5) is 5.95 Å². The summed E-state index contributed by atoms with van der Waals surface area (Å²) in [5, 5.41) is 18.0. The summed E-state index contributed by atoms with van der Waals surface area (Å²) in [5.41, 5.74) is 3.28. The maximum absolute atomic E-state index is 13.2. The molecule has 2 N–H and O–H groups in total. The predicted octanol–water partition coefficient (Wildman–Crippen LogP) is 5.07. The van der Waals surface area contributed by atoms with Crippen molar-refractivity contribution in [3.05, 3.63) is 69.8 Å². The second kappa shape index (κ2) is 6.80. The lowest BCUT2D eigenvalue weighted by molar-refractivity contribution is -0.118. The van der Waals surface area contributed by atoms with Gasteiger partial charge in [-0.05, 0) is 41.7 Å². The van der Waals surface area contributed by atoms with Gasteiger partial charge in [0.05, 0.1) is 0 Å². The first-order valence-corrected chi connectivity index (χ1v) is 10.6. The molecule has 152 valence electrons. The molecule has 7 heteroatoms. The van der Waals surface area contributed by atoms with Gasteiger partial charge < -0.3 is 10.4 Å². The molecule has 1 unspecified atom stereocenters. The van der Waals surface area contributed by atoms with E-state index in [0.717, 1.165) is 33.3 Å². The number of ketones is 1. The highest BCUT2D eigenvalue weighted by atomic mass is 79.9. The molecule has 0 saturated heterocycles. The van der Waals surface area contributed by atoms with E-state index < -0.39 is 0 Å². The number of allylic oxidation sites excluding steroid dienone is 2. The summed E-state index contributed by atoms with van der Waals surface area (Å²) in [6, 6.07) is 14.5. The van der Waals surface area contributed by atoms with Crippen LogP contribution in [0.15, 0.2) is 64.3 Å². The van der Waals surface area contributed by atoms with Gasteiger partial charge in [0, 0.05) is 27.7 Å². The lowest BCUT2D eigenvalue weighted by Crippen LogP contribution is -2.36. The number of anilines is 1. The molecule has 0 amide bonds. The second-order valence-corrected chi connectivity index (χ2v) is 9.58. The van der Waals surface area contributed by atoms with Crippen LogP contribution in [0.25, 0.3) is 11.4 Å². The molecule has 2 aromatic carbocycles. The van der Waals surface area contributed by atoms with Gasteiger partial charge in [0.1, 0.15) is 11.8 Å². The maximum Gasteiger partial charge on any atom is 0.226 e. The standard InChI is InChI=1S/C23H21BrN4O2/c1-23(2)11-17-19(18(30)12-23)20(13-6-8-15(24)9-7-13)28-22(25-17)26-21(27-28)14-4-3-5-16(29)10-14/h3-10,20,29H,11-12H2,1-2H3,(H,25,26,27). The van der Waals surface area contributed by atoms with Crippen LogP contribution in [0.5, 0.6) is 5.75 Å². The number of hydrogen-bond acceptors (Lipinski definition) is 5. The number of nitrogens with zero attached hydrogens (tertiary/aromatic N) is 3. The van der Waals surface area contributed by atoms with Crippen LogP contribution < -0.4 is 5.32 Å². The summed E-state index contributed by atoms with van der Waals surface area (Å²) in [6.45, 7) is 4.23. The average Bonchev–Trinajstić information content (AvgIpc) is 3.10. The quantitative estimate of drug-likeness (QED) is 0.553. The molecule has 2 heterocycles. The normalized spacial score (nSPS) is 19.8. The molecule has 1 aliphatic heterocycles. The van der Waals surface area contributed by atoms with Gasteiger partial charge in [0.15, 0.2) is 11.6 Å². The fourth-order valence-corrected chi connectivity index (χ4v) is 4.59. The third-order valence-corrected chi connectivity index (χ3v) is 6.15. The molecular formula is C23H21BrN4O2. The Bertz CT molecular complexity index is 1190. The largest absolute Gasteiger partial charge is 0.508 e. The molecule has 30 heavy (non-hydrogen) atoms. The first-order valence-electron chi connectivity index (χ1n) is 9.85. The minimum atomic E-state index is -0.341. The Morgan fingerprint density at radius 3 is 2.67 bits per heavy atom. The second-order valence-electron chi connectivity index (χ2n) is 8.67. The smallest absolute Gasteiger partial charge is 0.226 e.